The van der Waals surface area contributed by atoms with Gasteiger partial charge in [-0.2, -0.15) is 0 Å². The van der Waals surface area contributed by atoms with E-state index in [9.17, 15) is 0 Å². The van der Waals surface area contributed by atoms with Gasteiger partial charge in [0.25, 0.3) is 0 Å². The Morgan fingerprint density at radius 3 is 1.40 bits per heavy atom. The van der Waals surface area contributed by atoms with Gasteiger partial charge in [0.1, 0.15) is 0 Å². The first kappa shape index (κ1) is 8.84. The van der Waals surface area contributed by atoms with Gasteiger partial charge < -0.3 is 0 Å². The molecule has 0 radical (unpaired) electrons. The summed E-state index contributed by atoms with van der Waals surface area (Å²) in [6, 6.07) is 0. The molecule has 0 fully saturated rings. The fourth-order valence-corrected chi connectivity index (χ4v) is 0. The quantitative estimate of drug-likeness (QED) is 0.406. The molecule has 0 aromatic carbocycles. The van der Waals surface area contributed by atoms with Crippen LogP contribution in [0.15, 0.2) is 0 Å². The molecule has 0 spiro atoms. The Morgan fingerprint density at radius 2 is 1.40 bits per heavy atom. The molecule has 5 heavy (non-hydrogen) atoms. The third-order valence-corrected chi connectivity index (χ3v) is 0. The van der Waals surface area contributed by atoms with Crippen LogP contribution in [-0.2, 0) is 25.7 Å². The van der Waals surface area contributed by atoms with Gasteiger partial charge in [-0.15, -0.1) is 0 Å². The van der Waals surface area contributed by atoms with E-state index in [1.165, 1.54) is 0 Å². The summed E-state index contributed by atoms with van der Waals surface area (Å²) < 4.78 is 17.0. The second-order valence-corrected chi connectivity index (χ2v) is 0.344. The fraction of sp³-hybridized carbons (Fsp3) is 0. The summed E-state index contributed by atoms with van der Waals surface area (Å²) in [5.41, 5.74) is 0. The molecule has 0 atom stereocenters. The van der Waals surface area contributed by atoms with Crippen molar-refractivity contribution in [2.24, 2.45) is 0 Å². The SMILES string of the molecule is C#N.[O]=[Ti]=[O]. The van der Waals surface area contributed by atoms with E-state index in [1.807, 2.05) is 0 Å². The molecular weight excluding hydrogens is 106 g/mol. The number of hydrogen-bond acceptors (Lipinski definition) is 3. The predicted octanol–water partition coefficient (Wildman–Crippen LogP) is -0.100. The van der Waals surface area contributed by atoms with Crippen molar-refractivity contribution in [2.45, 2.75) is 0 Å². The van der Waals surface area contributed by atoms with Crippen molar-refractivity contribution >= 4 is 0 Å². The first-order chi connectivity index (χ1) is 2.41. The average Bonchev–Trinajstić information content (AvgIpc) is 1.46. The van der Waals surface area contributed by atoms with Crippen molar-refractivity contribution in [3.63, 3.8) is 0 Å². The summed E-state index contributed by atoms with van der Waals surface area (Å²) in [4.78, 5) is 0. The average molecular weight is 107 g/mol. The van der Waals surface area contributed by atoms with E-state index < -0.39 is 19.1 Å². The van der Waals surface area contributed by atoms with E-state index in [1.54, 1.807) is 0 Å². The zero-order chi connectivity index (χ0) is 4.71. The summed E-state index contributed by atoms with van der Waals surface area (Å²) >= 11 is -2.00. The monoisotopic (exact) mass is 107 g/mol. The molecule has 0 aliphatic heterocycles. The molecule has 0 unspecified atom stereocenters. The Bertz CT molecular complexity index is 51.9. The van der Waals surface area contributed by atoms with E-state index in [2.05, 4.69) is 6.57 Å². The van der Waals surface area contributed by atoms with E-state index in [0.29, 0.717) is 0 Å². The molecular formula is CHNO2Ti. The van der Waals surface area contributed by atoms with Crippen LogP contribution >= 0.6 is 0 Å². The fourth-order valence-electron chi connectivity index (χ4n) is 0. The third-order valence-electron chi connectivity index (χ3n) is 0. The van der Waals surface area contributed by atoms with Crippen LogP contribution in [0.5, 0.6) is 0 Å². The van der Waals surface area contributed by atoms with E-state index in [0.717, 1.165) is 0 Å². The van der Waals surface area contributed by atoms with Crippen molar-refractivity contribution in [1.29, 1.82) is 5.26 Å². The van der Waals surface area contributed by atoms with Crippen molar-refractivity contribution in [2.75, 3.05) is 0 Å². The Labute approximate surface area is 38.2 Å². The zero-order valence-electron chi connectivity index (χ0n) is 2.34. The van der Waals surface area contributed by atoms with E-state index >= 15 is 0 Å². The molecule has 0 bridgehead atoms. The Kier molecular flexibility index (Phi) is 81.8. The van der Waals surface area contributed by atoms with Crippen molar-refractivity contribution in [1.82, 2.24) is 0 Å². The molecule has 3 nitrogen and oxygen atoms in total. The maximum atomic E-state index is 8.50. The summed E-state index contributed by atoms with van der Waals surface area (Å²) in [7, 11) is 0. The normalized spacial score (nSPS) is 2.00. The molecule has 0 amide bonds. The topological polar surface area (TPSA) is 57.9 Å². The Balaban J connectivity index is 0. The molecule has 0 aliphatic carbocycles. The molecule has 0 heterocycles. The first-order valence-corrected chi connectivity index (χ1v) is 1.94. The maximum absolute atomic E-state index is 8.50. The standard InChI is InChI=1S/CHN.2O.Ti/c1-2;;;/h1H;;;. The van der Waals surface area contributed by atoms with Crippen molar-refractivity contribution < 1.29 is 25.7 Å². The number of nitrogens with zero attached hydrogens (tertiary/aromatic N) is 1. The Hall–Kier alpha value is -0.196. The van der Waals surface area contributed by atoms with E-state index in [4.69, 9.17) is 11.9 Å². The van der Waals surface area contributed by atoms with Crippen LogP contribution in [0.25, 0.3) is 0 Å². The molecule has 0 saturated carbocycles. The molecule has 26 valence electrons. The minimum absolute atomic E-state index is 2.00. The van der Waals surface area contributed by atoms with Crippen LogP contribution in [0.1, 0.15) is 0 Å². The molecule has 0 N–H and O–H groups in total. The predicted molar refractivity (Wildman–Crippen MR) is 8.04 cm³/mol. The first-order valence-electron chi connectivity index (χ1n) is 0.666. The number of rotatable bonds is 0. The second kappa shape index (κ2) is 46.2. The van der Waals surface area contributed by atoms with E-state index in [-0.39, 0.29) is 0 Å². The van der Waals surface area contributed by atoms with Crippen LogP contribution < -0.4 is 0 Å². The molecule has 0 saturated heterocycles. The van der Waals surface area contributed by atoms with Gasteiger partial charge in [0.2, 0.25) is 0 Å². The van der Waals surface area contributed by atoms with Gasteiger partial charge in [0, 0.05) is 6.57 Å². The van der Waals surface area contributed by atoms with Crippen LogP contribution in [0, 0.1) is 11.8 Å². The second-order valence-electron chi connectivity index (χ2n) is 0.0833. The third kappa shape index (κ3) is 323. The number of nitriles is 1. The van der Waals surface area contributed by atoms with Crippen LogP contribution in [-0.4, -0.2) is 0 Å². The van der Waals surface area contributed by atoms with Gasteiger partial charge >= 0.3 is 25.7 Å². The van der Waals surface area contributed by atoms with Crippen LogP contribution in [0.3, 0.4) is 0 Å². The summed E-state index contributed by atoms with van der Waals surface area (Å²) in [6.45, 7) is 3.50. The summed E-state index contributed by atoms with van der Waals surface area (Å²) in [5, 5.41) is 6.50. The zero-order valence-corrected chi connectivity index (χ0v) is 3.90. The Morgan fingerprint density at radius 1 is 1.40 bits per heavy atom. The molecule has 0 rings (SSSR count). The van der Waals surface area contributed by atoms with Crippen LogP contribution in [0.2, 0.25) is 0 Å². The van der Waals surface area contributed by atoms with Gasteiger partial charge in [0.15, 0.2) is 0 Å². The summed E-state index contributed by atoms with van der Waals surface area (Å²) in [5.74, 6) is 0. The van der Waals surface area contributed by atoms with Gasteiger partial charge in [-0.25, -0.2) is 5.26 Å². The van der Waals surface area contributed by atoms with Crippen LogP contribution in [0.4, 0.5) is 0 Å². The summed E-state index contributed by atoms with van der Waals surface area (Å²) in [6.07, 6.45) is 0. The minimum atomic E-state index is -2.00. The van der Waals surface area contributed by atoms with Gasteiger partial charge in [-0.1, -0.05) is 0 Å². The van der Waals surface area contributed by atoms with Crippen molar-refractivity contribution in [3.8, 4) is 6.57 Å². The van der Waals surface area contributed by atoms with Gasteiger partial charge in [-0.05, 0) is 0 Å². The van der Waals surface area contributed by atoms with Gasteiger partial charge in [0.05, 0.1) is 0 Å². The molecule has 0 aliphatic rings. The molecule has 4 heteroatoms. The molecule has 0 aromatic heterocycles. The van der Waals surface area contributed by atoms with Gasteiger partial charge in [-0.3, -0.25) is 0 Å². The van der Waals surface area contributed by atoms with Crippen molar-refractivity contribution in [3.05, 3.63) is 0 Å². The molecule has 0 aromatic rings. The number of hydrogen-bond donors (Lipinski definition) is 0.